The molecule has 0 aliphatic heterocycles. The molecule has 0 bridgehead atoms. The van der Waals surface area contributed by atoms with Crippen molar-refractivity contribution in [2.45, 2.75) is 46.4 Å². The summed E-state index contributed by atoms with van der Waals surface area (Å²) in [5, 5.41) is 8.98. The van der Waals surface area contributed by atoms with E-state index in [1.54, 1.807) is 13.8 Å². The van der Waals surface area contributed by atoms with Crippen LogP contribution in [0.25, 0.3) is 0 Å². The molecule has 0 aliphatic rings. The predicted octanol–water partition coefficient (Wildman–Crippen LogP) is 2.57. The Balaban J connectivity index is 3.45. The molecule has 6 heteroatoms. The topological polar surface area (TPSA) is 74.7 Å². The van der Waals surface area contributed by atoms with E-state index >= 15 is 0 Å². The van der Waals surface area contributed by atoms with Crippen molar-refractivity contribution in [3.05, 3.63) is 27.8 Å². The third-order valence-electron chi connectivity index (χ3n) is 4.55. The molecule has 0 saturated heterocycles. The first-order valence-corrected chi connectivity index (χ1v) is 8.63. The molecular weight excluding hydrogens is 302 g/mol. The fraction of sp³-hybridized carbons (Fsp3) is 0.562. The van der Waals surface area contributed by atoms with Gasteiger partial charge in [-0.15, -0.1) is 0 Å². The minimum Gasteiger partial charge on any atom is -0.481 e. The van der Waals surface area contributed by atoms with Gasteiger partial charge in [0.2, 0.25) is 10.0 Å². The van der Waals surface area contributed by atoms with Crippen LogP contribution < -0.4 is 0 Å². The minimum absolute atomic E-state index is 0.0531. The van der Waals surface area contributed by atoms with Crippen LogP contribution in [0.1, 0.15) is 34.7 Å². The Kier molecular flexibility index (Phi) is 5.41. The van der Waals surface area contributed by atoms with Gasteiger partial charge in [0.1, 0.15) is 0 Å². The first-order valence-electron chi connectivity index (χ1n) is 7.19. The molecule has 1 N–H and O–H groups in total. The van der Waals surface area contributed by atoms with Crippen molar-refractivity contribution in [1.82, 2.24) is 4.31 Å². The van der Waals surface area contributed by atoms with E-state index in [2.05, 4.69) is 0 Å². The monoisotopic (exact) mass is 327 g/mol. The van der Waals surface area contributed by atoms with E-state index in [0.717, 1.165) is 32.1 Å². The zero-order valence-electron chi connectivity index (χ0n) is 14.3. The Morgan fingerprint density at radius 3 is 1.73 bits per heavy atom. The largest absolute Gasteiger partial charge is 0.481 e. The van der Waals surface area contributed by atoms with Gasteiger partial charge in [-0.3, -0.25) is 4.79 Å². The quantitative estimate of drug-likeness (QED) is 0.902. The predicted molar refractivity (Wildman–Crippen MR) is 86.7 cm³/mol. The van der Waals surface area contributed by atoms with E-state index in [1.165, 1.54) is 14.0 Å². The number of nitrogens with zero attached hydrogens (tertiary/aromatic N) is 1. The lowest BCUT2D eigenvalue weighted by Crippen LogP contribution is -2.34. The number of carboxylic acids is 1. The minimum atomic E-state index is -3.72. The van der Waals surface area contributed by atoms with Gasteiger partial charge < -0.3 is 5.11 Å². The van der Waals surface area contributed by atoms with E-state index in [4.69, 9.17) is 5.11 Å². The van der Waals surface area contributed by atoms with Crippen LogP contribution in [0.15, 0.2) is 4.90 Å². The van der Waals surface area contributed by atoms with Crippen LogP contribution in [-0.2, 0) is 14.8 Å². The molecule has 0 amide bonds. The van der Waals surface area contributed by atoms with Crippen molar-refractivity contribution in [2.24, 2.45) is 5.92 Å². The second kappa shape index (κ2) is 6.38. The number of benzene rings is 1. The Labute approximate surface area is 133 Å². The van der Waals surface area contributed by atoms with Gasteiger partial charge in [-0.25, -0.2) is 12.7 Å². The number of hydrogen-bond acceptors (Lipinski definition) is 3. The zero-order valence-corrected chi connectivity index (χ0v) is 15.1. The standard InChI is InChI=1S/C16H25NO4S/c1-9(16(18)19)8-17(7)22(20,21)15-13(5)11(3)10(2)12(4)14(15)6/h9H,8H2,1-7H3,(H,18,19). The molecule has 22 heavy (non-hydrogen) atoms. The van der Waals surface area contributed by atoms with E-state index in [1.807, 2.05) is 20.8 Å². The van der Waals surface area contributed by atoms with Crippen molar-refractivity contribution in [3.8, 4) is 0 Å². The molecule has 0 fully saturated rings. The van der Waals surface area contributed by atoms with Crippen LogP contribution in [0.3, 0.4) is 0 Å². The molecule has 0 spiro atoms. The van der Waals surface area contributed by atoms with Crippen LogP contribution in [0.5, 0.6) is 0 Å². The molecule has 0 radical (unpaired) electrons. The van der Waals surface area contributed by atoms with Crippen LogP contribution in [0, 0.1) is 40.5 Å². The highest BCUT2D eigenvalue weighted by Gasteiger charge is 2.29. The van der Waals surface area contributed by atoms with Gasteiger partial charge >= 0.3 is 5.97 Å². The third kappa shape index (κ3) is 3.17. The van der Waals surface area contributed by atoms with Crippen LogP contribution in [0.2, 0.25) is 0 Å². The highest BCUT2D eigenvalue weighted by Crippen LogP contribution is 2.31. The number of sulfonamides is 1. The first-order chi connectivity index (χ1) is 9.92. The molecule has 0 aromatic heterocycles. The number of aliphatic carboxylic acids is 1. The summed E-state index contributed by atoms with van der Waals surface area (Å²) < 4.78 is 26.9. The Morgan fingerprint density at radius 1 is 1.00 bits per heavy atom. The van der Waals surface area contributed by atoms with Crippen LogP contribution >= 0.6 is 0 Å². The zero-order chi connectivity index (χ0) is 17.4. The molecule has 1 aromatic rings. The van der Waals surface area contributed by atoms with E-state index in [0.29, 0.717) is 4.90 Å². The molecule has 1 unspecified atom stereocenters. The summed E-state index contributed by atoms with van der Waals surface area (Å²) in [6.45, 7) is 10.9. The highest BCUT2D eigenvalue weighted by atomic mass is 32.2. The van der Waals surface area contributed by atoms with Crippen molar-refractivity contribution in [1.29, 1.82) is 0 Å². The second-order valence-electron chi connectivity index (χ2n) is 5.98. The fourth-order valence-corrected chi connectivity index (χ4v) is 4.38. The first kappa shape index (κ1) is 18.6. The van der Waals surface area contributed by atoms with Gasteiger partial charge in [-0.1, -0.05) is 6.92 Å². The summed E-state index contributed by atoms with van der Waals surface area (Å²) in [6.07, 6.45) is 0. The summed E-state index contributed by atoms with van der Waals surface area (Å²) in [6, 6.07) is 0. The van der Waals surface area contributed by atoms with Crippen LogP contribution in [-0.4, -0.2) is 37.4 Å². The smallest absolute Gasteiger partial charge is 0.307 e. The molecule has 0 aliphatic carbocycles. The van der Waals surface area contributed by atoms with Gasteiger partial charge in [-0.2, -0.15) is 0 Å². The average molecular weight is 327 g/mol. The lowest BCUT2D eigenvalue weighted by molar-refractivity contribution is -0.141. The van der Waals surface area contributed by atoms with Crippen molar-refractivity contribution >= 4 is 16.0 Å². The van der Waals surface area contributed by atoms with Crippen molar-refractivity contribution < 1.29 is 18.3 Å². The SMILES string of the molecule is Cc1c(C)c(C)c(S(=O)(=O)N(C)CC(C)C(=O)O)c(C)c1C. The number of hydrogen-bond donors (Lipinski definition) is 1. The molecule has 124 valence electrons. The molecule has 5 nitrogen and oxygen atoms in total. The summed E-state index contributed by atoms with van der Waals surface area (Å²) in [5.41, 5.74) is 4.48. The van der Waals surface area contributed by atoms with E-state index in [9.17, 15) is 13.2 Å². The average Bonchev–Trinajstić information content (AvgIpc) is 2.42. The highest BCUT2D eigenvalue weighted by molar-refractivity contribution is 7.89. The number of rotatable bonds is 5. The second-order valence-corrected chi connectivity index (χ2v) is 7.96. The maximum absolute atomic E-state index is 12.9. The van der Waals surface area contributed by atoms with Crippen molar-refractivity contribution in [2.75, 3.05) is 13.6 Å². The van der Waals surface area contributed by atoms with E-state index in [-0.39, 0.29) is 6.54 Å². The van der Waals surface area contributed by atoms with Gasteiger partial charge in [0.05, 0.1) is 10.8 Å². The molecule has 1 aromatic carbocycles. The third-order valence-corrected chi connectivity index (χ3v) is 6.65. The van der Waals surface area contributed by atoms with Crippen molar-refractivity contribution in [3.63, 3.8) is 0 Å². The lowest BCUT2D eigenvalue weighted by atomic mass is 9.95. The molecule has 1 atom stereocenters. The molecule has 0 heterocycles. The van der Waals surface area contributed by atoms with Gasteiger partial charge in [0.25, 0.3) is 0 Å². The summed E-state index contributed by atoms with van der Waals surface area (Å²) in [4.78, 5) is 11.3. The summed E-state index contributed by atoms with van der Waals surface area (Å²) in [7, 11) is -2.29. The van der Waals surface area contributed by atoms with Crippen LogP contribution in [0.4, 0.5) is 0 Å². The molecular formula is C16H25NO4S. The van der Waals surface area contributed by atoms with Gasteiger partial charge in [-0.05, 0) is 62.4 Å². The number of carboxylic acid groups (broad SMARTS) is 1. The maximum Gasteiger partial charge on any atom is 0.307 e. The fourth-order valence-electron chi connectivity index (χ4n) is 2.57. The van der Waals surface area contributed by atoms with Gasteiger partial charge in [0, 0.05) is 13.6 Å². The summed E-state index contributed by atoms with van der Waals surface area (Å²) >= 11 is 0. The normalized spacial score (nSPS) is 13.5. The molecule has 0 saturated carbocycles. The maximum atomic E-state index is 12.9. The lowest BCUT2D eigenvalue weighted by Gasteiger charge is -2.24. The van der Waals surface area contributed by atoms with E-state index < -0.39 is 21.9 Å². The molecule has 1 rings (SSSR count). The Hall–Kier alpha value is -1.40. The summed E-state index contributed by atoms with van der Waals surface area (Å²) in [5.74, 6) is -1.76. The number of carbonyl (C=O) groups is 1. The Morgan fingerprint density at radius 2 is 1.36 bits per heavy atom. The van der Waals surface area contributed by atoms with Gasteiger partial charge in [0.15, 0.2) is 0 Å². The Bertz CT molecular complexity index is 678.